The van der Waals surface area contributed by atoms with Crippen LogP contribution in [0.3, 0.4) is 0 Å². The molecule has 1 aromatic carbocycles. The van der Waals surface area contributed by atoms with Crippen molar-refractivity contribution in [2.45, 2.75) is 59.3 Å². The summed E-state index contributed by atoms with van der Waals surface area (Å²) >= 11 is 0. The summed E-state index contributed by atoms with van der Waals surface area (Å²) in [4.78, 5) is 2.13. The van der Waals surface area contributed by atoms with Gasteiger partial charge in [0, 0.05) is 12.5 Å². The van der Waals surface area contributed by atoms with E-state index in [-0.39, 0.29) is 0 Å². The van der Waals surface area contributed by atoms with E-state index in [2.05, 4.69) is 89.2 Å². The largest absolute Gasteiger partial charge is 0.492 e. The Morgan fingerprint density at radius 2 is 1.69 bits per heavy atom. The van der Waals surface area contributed by atoms with Gasteiger partial charge in [-0.2, -0.15) is 0 Å². The first kappa shape index (κ1) is 22.5. The third-order valence-corrected chi connectivity index (χ3v) is 4.64. The lowest BCUT2D eigenvalue weighted by molar-refractivity contribution is 0.261. The number of rotatable bonds is 8. The summed E-state index contributed by atoms with van der Waals surface area (Å²) in [5.74, 6) is 2.10. The zero-order valence-electron chi connectivity index (χ0n) is 17.8. The lowest BCUT2D eigenvalue weighted by Crippen LogP contribution is -2.19. The first-order valence-electron chi connectivity index (χ1n) is 10.3. The van der Waals surface area contributed by atoms with Crippen LogP contribution < -0.4 is 4.74 Å². The van der Waals surface area contributed by atoms with Crippen molar-refractivity contribution in [1.82, 2.24) is 4.90 Å². The summed E-state index contributed by atoms with van der Waals surface area (Å²) in [5.41, 5.74) is 2.88. The van der Waals surface area contributed by atoms with Gasteiger partial charge >= 0.3 is 0 Å². The molecule has 2 atom stereocenters. The zero-order valence-corrected chi connectivity index (χ0v) is 17.8. The molecule has 1 aliphatic rings. The zero-order chi connectivity index (χ0) is 19.4. The molecule has 2 unspecified atom stereocenters. The minimum Gasteiger partial charge on any atom is -0.492 e. The molecule has 2 nitrogen and oxygen atoms in total. The molecule has 0 aliphatic heterocycles. The molecule has 0 saturated heterocycles. The van der Waals surface area contributed by atoms with Crippen molar-refractivity contribution in [3.05, 3.63) is 53.6 Å². The molecule has 2 rings (SSSR count). The van der Waals surface area contributed by atoms with Crippen LogP contribution in [0.2, 0.25) is 0 Å². The molecule has 0 saturated carbocycles. The molecule has 2 heteroatoms. The summed E-state index contributed by atoms with van der Waals surface area (Å²) in [5, 5.41) is 0. The van der Waals surface area contributed by atoms with Crippen LogP contribution in [0.4, 0.5) is 0 Å². The average Bonchev–Trinajstić information content (AvgIpc) is 2.64. The molecule has 0 radical (unpaired) electrons. The fourth-order valence-electron chi connectivity index (χ4n) is 3.07. The standard InChI is InChI=1S/C21H31NO.C3H8/c1-5-17(2)21(18-9-7-6-8-10-18)19-11-13-20(14-12-19)23-16-15-22(3)4;1-3-2/h7,9-14,17,21H,5-6,8,15-16H2,1-4H3;3H2,1-2H3. The Balaban J connectivity index is 0.00000105. The highest BCUT2D eigenvalue weighted by atomic mass is 16.5. The van der Waals surface area contributed by atoms with Crippen molar-refractivity contribution in [2.24, 2.45) is 5.92 Å². The van der Waals surface area contributed by atoms with Crippen molar-refractivity contribution in [1.29, 1.82) is 0 Å². The quantitative estimate of drug-likeness (QED) is 0.530. The lowest BCUT2D eigenvalue weighted by Gasteiger charge is -2.26. The molecule has 1 aliphatic carbocycles. The van der Waals surface area contributed by atoms with Gasteiger partial charge in [-0.3, -0.25) is 0 Å². The van der Waals surface area contributed by atoms with Crippen molar-refractivity contribution >= 4 is 0 Å². The van der Waals surface area contributed by atoms with Crippen LogP contribution in [0, 0.1) is 5.92 Å². The maximum Gasteiger partial charge on any atom is 0.119 e. The molecule has 0 spiro atoms. The van der Waals surface area contributed by atoms with Gasteiger partial charge in [0.1, 0.15) is 12.4 Å². The van der Waals surface area contributed by atoms with Crippen LogP contribution in [0.1, 0.15) is 64.9 Å². The number of benzene rings is 1. The van der Waals surface area contributed by atoms with E-state index >= 15 is 0 Å². The Labute approximate surface area is 161 Å². The van der Waals surface area contributed by atoms with Crippen LogP contribution in [0.25, 0.3) is 0 Å². The SMILES string of the molecule is CCC.CCC(C)C(C1=CCCC=C1)c1ccc(OCCN(C)C)cc1. The molecule has 0 bridgehead atoms. The number of allylic oxidation sites excluding steroid dienone is 4. The molecule has 1 aromatic rings. The van der Waals surface area contributed by atoms with Crippen LogP contribution >= 0.6 is 0 Å². The average molecular weight is 358 g/mol. The topological polar surface area (TPSA) is 12.5 Å². The van der Waals surface area contributed by atoms with Gasteiger partial charge in [0.2, 0.25) is 0 Å². The molecule has 0 heterocycles. The van der Waals surface area contributed by atoms with E-state index in [4.69, 9.17) is 4.74 Å². The molecule has 0 fully saturated rings. The Morgan fingerprint density at radius 3 is 2.19 bits per heavy atom. The highest BCUT2D eigenvalue weighted by molar-refractivity contribution is 5.39. The Hall–Kier alpha value is -1.54. The van der Waals surface area contributed by atoms with Gasteiger partial charge < -0.3 is 9.64 Å². The van der Waals surface area contributed by atoms with Gasteiger partial charge in [-0.05, 0) is 56.1 Å². The highest BCUT2D eigenvalue weighted by Crippen LogP contribution is 2.36. The molecule has 0 N–H and O–H groups in total. The first-order valence-corrected chi connectivity index (χ1v) is 10.3. The Morgan fingerprint density at radius 1 is 1.04 bits per heavy atom. The van der Waals surface area contributed by atoms with Crippen molar-refractivity contribution in [3.8, 4) is 5.75 Å². The van der Waals surface area contributed by atoms with Crippen LogP contribution in [0.15, 0.2) is 48.1 Å². The van der Waals surface area contributed by atoms with E-state index in [9.17, 15) is 0 Å². The normalized spacial score (nSPS) is 15.7. The summed E-state index contributed by atoms with van der Waals surface area (Å²) in [6.45, 7) is 10.6. The fourth-order valence-corrected chi connectivity index (χ4v) is 3.07. The van der Waals surface area contributed by atoms with Crippen molar-refractivity contribution < 1.29 is 4.74 Å². The second kappa shape index (κ2) is 12.8. The molecule has 26 heavy (non-hydrogen) atoms. The van der Waals surface area contributed by atoms with Crippen molar-refractivity contribution in [2.75, 3.05) is 27.2 Å². The molecule has 0 amide bonds. The van der Waals surface area contributed by atoms with Gasteiger partial charge in [-0.1, -0.05) is 70.9 Å². The minimum atomic E-state index is 0.493. The summed E-state index contributed by atoms with van der Waals surface area (Å²) in [6.07, 6.45) is 11.8. The van der Waals surface area contributed by atoms with Gasteiger partial charge in [0.25, 0.3) is 0 Å². The number of likely N-dealkylation sites (N-methyl/N-ethyl adjacent to an activating group) is 1. The predicted octanol–water partition coefficient (Wildman–Crippen LogP) is 6.45. The van der Waals surface area contributed by atoms with E-state index in [0.717, 1.165) is 18.9 Å². The second-order valence-corrected chi connectivity index (χ2v) is 7.47. The van der Waals surface area contributed by atoms with Gasteiger partial charge in [0.05, 0.1) is 0 Å². The first-order chi connectivity index (χ1) is 12.5. The monoisotopic (exact) mass is 357 g/mol. The number of ether oxygens (including phenoxy) is 1. The maximum absolute atomic E-state index is 5.81. The Kier molecular flexibility index (Phi) is 11.0. The van der Waals surface area contributed by atoms with Crippen LogP contribution in [0.5, 0.6) is 5.75 Å². The third kappa shape index (κ3) is 7.78. The van der Waals surface area contributed by atoms with Crippen molar-refractivity contribution in [3.63, 3.8) is 0 Å². The number of hydrogen-bond acceptors (Lipinski definition) is 2. The molecule has 146 valence electrons. The van der Waals surface area contributed by atoms with E-state index < -0.39 is 0 Å². The van der Waals surface area contributed by atoms with E-state index in [1.165, 1.54) is 36.8 Å². The summed E-state index contributed by atoms with van der Waals surface area (Å²) in [7, 11) is 4.13. The van der Waals surface area contributed by atoms with E-state index in [1.54, 1.807) is 0 Å². The number of nitrogens with zero attached hydrogens (tertiary/aromatic N) is 1. The summed E-state index contributed by atoms with van der Waals surface area (Å²) in [6, 6.07) is 8.72. The minimum absolute atomic E-state index is 0.493. The number of hydrogen-bond donors (Lipinski definition) is 0. The second-order valence-electron chi connectivity index (χ2n) is 7.47. The van der Waals surface area contributed by atoms with Crippen LogP contribution in [-0.2, 0) is 0 Å². The van der Waals surface area contributed by atoms with Gasteiger partial charge in [-0.25, -0.2) is 0 Å². The Bertz CT molecular complexity index is 542. The molecular weight excluding hydrogens is 318 g/mol. The van der Waals surface area contributed by atoms with Crippen LogP contribution in [-0.4, -0.2) is 32.1 Å². The van der Waals surface area contributed by atoms with Gasteiger partial charge in [-0.15, -0.1) is 0 Å². The lowest BCUT2D eigenvalue weighted by atomic mass is 9.78. The highest BCUT2D eigenvalue weighted by Gasteiger charge is 2.21. The fraction of sp³-hybridized carbons (Fsp3) is 0.583. The predicted molar refractivity (Wildman–Crippen MR) is 115 cm³/mol. The van der Waals surface area contributed by atoms with Gasteiger partial charge in [0.15, 0.2) is 0 Å². The molecule has 0 aromatic heterocycles. The third-order valence-electron chi connectivity index (χ3n) is 4.64. The van der Waals surface area contributed by atoms with E-state index in [0.29, 0.717) is 11.8 Å². The molecular formula is C24H39NO. The van der Waals surface area contributed by atoms with E-state index in [1.807, 2.05) is 0 Å². The smallest absolute Gasteiger partial charge is 0.119 e. The maximum atomic E-state index is 5.81. The summed E-state index contributed by atoms with van der Waals surface area (Å²) < 4.78 is 5.81.